The summed E-state index contributed by atoms with van der Waals surface area (Å²) in [5.41, 5.74) is 1.19. The minimum atomic E-state index is 0.587. The predicted octanol–water partition coefficient (Wildman–Crippen LogP) is 2.29. The van der Waals surface area contributed by atoms with Crippen LogP contribution in [0, 0.1) is 6.92 Å². The summed E-state index contributed by atoms with van der Waals surface area (Å²) in [6, 6.07) is 2.72. The molecule has 1 aromatic heterocycles. The standard InChI is InChI=1S/C12H18BrN3/c1-9-6-11(13)12(14-7-9)16-5-4-15(3)10(2)8-16/h6-7,10H,4-5,8H2,1-3H3. The first-order valence-electron chi connectivity index (χ1n) is 5.65. The molecule has 1 saturated heterocycles. The Morgan fingerprint density at radius 2 is 2.19 bits per heavy atom. The molecular weight excluding hydrogens is 266 g/mol. The molecule has 0 saturated carbocycles. The number of piperazine rings is 1. The Balaban J connectivity index is 2.18. The van der Waals surface area contributed by atoms with Crippen molar-refractivity contribution >= 4 is 21.7 Å². The van der Waals surface area contributed by atoms with Gasteiger partial charge in [-0.25, -0.2) is 4.98 Å². The number of rotatable bonds is 1. The van der Waals surface area contributed by atoms with Gasteiger partial charge in [-0.1, -0.05) is 0 Å². The summed E-state index contributed by atoms with van der Waals surface area (Å²) in [6.07, 6.45) is 1.93. The molecule has 2 heterocycles. The molecule has 1 aromatic rings. The SMILES string of the molecule is Cc1cnc(N2CCN(C)C(C)C2)c(Br)c1. The van der Waals surface area contributed by atoms with Crippen molar-refractivity contribution in [3.8, 4) is 0 Å². The van der Waals surface area contributed by atoms with Crippen molar-refractivity contribution in [2.24, 2.45) is 0 Å². The van der Waals surface area contributed by atoms with Gasteiger partial charge in [-0.2, -0.15) is 0 Å². The van der Waals surface area contributed by atoms with Gasteiger partial charge in [0, 0.05) is 31.9 Å². The van der Waals surface area contributed by atoms with Crippen LogP contribution >= 0.6 is 15.9 Å². The van der Waals surface area contributed by atoms with E-state index in [1.807, 2.05) is 6.20 Å². The molecule has 0 aliphatic carbocycles. The van der Waals surface area contributed by atoms with E-state index in [1.54, 1.807) is 0 Å². The van der Waals surface area contributed by atoms with E-state index in [0.29, 0.717) is 6.04 Å². The van der Waals surface area contributed by atoms with Crippen molar-refractivity contribution in [2.75, 3.05) is 31.6 Å². The molecule has 88 valence electrons. The van der Waals surface area contributed by atoms with Gasteiger partial charge in [0.2, 0.25) is 0 Å². The molecule has 0 aromatic carbocycles. The van der Waals surface area contributed by atoms with Crippen molar-refractivity contribution < 1.29 is 0 Å². The molecule has 1 fully saturated rings. The van der Waals surface area contributed by atoms with Gasteiger partial charge < -0.3 is 9.80 Å². The Hall–Kier alpha value is -0.610. The molecule has 1 atom stereocenters. The highest BCUT2D eigenvalue weighted by Gasteiger charge is 2.22. The Kier molecular flexibility index (Phi) is 3.50. The van der Waals surface area contributed by atoms with Crippen LogP contribution in [0.25, 0.3) is 0 Å². The van der Waals surface area contributed by atoms with Gasteiger partial charge in [0.25, 0.3) is 0 Å². The molecule has 4 heteroatoms. The first kappa shape index (κ1) is 11.9. The van der Waals surface area contributed by atoms with Gasteiger partial charge in [-0.15, -0.1) is 0 Å². The number of aryl methyl sites for hydroxylation is 1. The first-order valence-corrected chi connectivity index (χ1v) is 6.44. The van der Waals surface area contributed by atoms with Gasteiger partial charge in [0.1, 0.15) is 5.82 Å². The molecule has 16 heavy (non-hydrogen) atoms. The Labute approximate surface area is 106 Å². The summed E-state index contributed by atoms with van der Waals surface area (Å²) in [5.74, 6) is 1.07. The number of hydrogen-bond donors (Lipinski definition) is 0. The quantitative estimate of drug-likeness (QED) is 0.789. The van der Waals surface area contributed by atoms with Gasteiger partial charge >= 0.3 is 0 Å². The van der Waals surface area contributed by atoms with Crippen LogP contribution in [0.2, 0.25) is 0 Å². The fourth-order valence-corrected chi connectivity index (χ4v) is 2.71. The summed E-state index contributed by atoms with van der Waals surface area (Å²) in [7, 11) is 2.18. The number of nitrogens with zero attached hydrogens (tertiary/aromatic N) is 3. The highest BCUT2D eigenvalue weighted by molar-refractivity contribution is 9.10. The smallest absolute Gasteiger partial charge is 0.142 e. The maximum absolute atomic E-state index is 4.52. The summed E-state index contributed by atoms with van der Waals surface area (Å²) in [4.78, 5) is 9.26. The molecule has 0 spiro atoms. The van der Waals surface area contributed by atoms with Crippen LogP contribution in [0.1, 0.15) is 12.5 Å². The van der Waals surface area contributed by atoms with Gasteiger partial charge in [0.15, 0.2) is 0 Å². The van der Waals surface area contributed by atoms with E-state index in [0.717, 1.165) is 29.9 Å². The molecule has 1 unspecified atom stereocenters. The average molecular weight is 284 g/mol. The number of pyridine rings is 1. The monoisotopic (exact) mass is 283 g/mol. The third-order valence-electron chi connectivity index (χ3n) is 3.22. The second-order valence-corrected chi connectivity index (χ2v) is 5.45. The number of anilines is 1. The van der Waals surface area contributed by atoms with E-state index in [9.17, 15) is 0 Å². The summed E-state index contributed by atoms with van der Waals surface area (Å²) in [6.45, 7) is 7.52. The fraction of sp³-hybridized carbons (Fsp3) is 0.583. The molecule has 0 amide bonds. The van der Waals surface area contributed by atoms with Crippen molar-refractivity contribution in [3.05, 3.63) is 22.3 Å². The van der Waals surface area contributed by atoms with Crippen LogP contribution in [0.5, 0.6) is 0 Å². The zero-order chi connectivity index (χ0) is 11.7. The summed E-state index contributed by atoms with van der Waals surface area (Å²) >= 11 is 3.60. The zero-order valence-electron chi connectivity index (χ0n) is 10.1. The van der Waals surface area contributed by atoms with E-state index < -0.39 is 0 Å². The van der Waals surface area contributed by atoms with E-state index in [4.69, 9.17) is 0 Å². The van der Waals surface area contributed by atoms with Crippen LogP contribution in [-0.4, -0.2) is 42.6 Å². The number of aromatic nitrogens is 1. The minimum Gasteiger partial charge on any atom is -0.353 e. The Morgan fingerprint density at radius 1 is 1.44 bits per heavy atom. The molecule has 2 rings (SSSR count). The van der Waals surface area contributed by atoms with Gasteiger partial charge in [-0.05, 0) is 48.5 Å². The van der Waals surface area contributed by atoms with Gasteiger partial charge in [-0.3, -0.25) is 0 Å². The highest BCUT2D eigenvalue weighted by Crippen LogP contribution is 2.26. The Morgan fingerprint density at radius 3 is 2.81 bits per heavy atom. The lowest BCUT2D eigenvalue weighted by Gasteiger charge is -2.38. The van der Waals surface area contributed by atoms with Crippen LogP contribution in [0.15, 0.2) is 16.7 Å². The Bertz CT molecular complexity index is 381. The number of likely N-dealkylation sites (N-methyl/N-ethyl adjacent to an activating group) is 1. The number of halogens is 1. The second-order valence-electron chi connectivity index (χ2n) is 4.59. The van der Waals surface area contributed by atoms with Gasteiger partial charge in [0.05, 0.1) is 4.47 Å². The average Bonchev–Trinajstić information content (AvgIpc) is 2.22. The van der Waals surface area contributed by atoms with Crippen LogP contribution in [0.3, 0.4) is 0 Å². The van der Waals surface area contributed by atoms with E-state index in [1.165, 1.54) is 5.56 Å². The minimum absolute atomic E-state index is 0.587. The molecule has 1 aliphatic heterocycles. The number of hydrogen-bond acceptors (Lipinski definition) is 3. The highest BCUT2D eigenvalue weighted by atomic mass is 79.9. The van der Waals surface area contributed by atoms with E-state index in [-0.39, 0.29) is 0 Å². The largest absolute Gasteiger partial charge is 0.353 e. The lowest BCUT2D eigenvalue weighted by Crippen LogP contribution is -2.50. The van der Waals surface area contributed by atoms with Crippen LogP contribution < -0.4 is 4.90 Å². The van der Waals surface area contributed by atoms with Crippen molar-refractivity contribution in [3.63, 3.8) is 0 Å². The lowest BCUT2D eigenvalue weighted by molar-refractivity contribution is 0.233. The van der Waals surface area contributed by atoms with E-state index >= 15 is 0 Å². The molecular formula is C12H18BrN3. The molecule has 3 nitrogen and oxygen atoms in total. The van der Waals surface area contributed by atoms with E-state index in [2.05, 4.69) is 57.7 Å². The maximum Gasteiger partial charge on any atom is 0.142 e. The lowest BCUT2D eigenvalue weighted by atomic mass is 10.2. The van der Waals surface area contributed by atoms with Crippen molar-refractivity contribution in [1.29, 1.82) is 0 Å². The first-order chi connectivity index (χ1) is 7.58. The summed E-state index contributed by atoms with van der Waals surface area (Å²) < 4.78 is 1.10. The molecule has 0 radical (unpaired) electrons. The molecule has 1 aliphatic rings. The van der Waals surface area contributed by atoms with Crippen molar-refractivity contribution in [1.82, 2.24) is 9.88 Å². The molecule has 0 bridgehead atoms. The third-order valence-corrected chi connectivity index (χ3v) is 3.80. The maximum atomic E-state index is 4.52. The topological polar surface area (TPSA) is 19.4 Å². The molecule has 0 N–H and O–H groups in total. The second kappa shape index (κ2) is 4.72. The van der Waals surface area contributed by atoms with Crippen LogP contribution in [0.4, 0.5) is 5.82 Å². The normalized spacial score (nSPS) is 22.5. The fourth-order valence-electron chi connectivity index (χ4n) is 2.00. The van der Waals surface area contributed by atoms with Crippen molar-refractivity contribution in [2.45, 2.75) is 19.9 Å². The zero-order valence-corrected chi connectivity index (χ0v) is 11.7. The van der Waals surface area contributed by atoms with Crippen LogP contribution in [-0.2, 0) is 0 Å². The third kappa shape index (κ3) is 2.38. The summed E-state index contributed by atoms with van der Waals surface area (Å²) in [5, 5.41) is 0. The predicted molar refractivity (Wildman–Crippen MR) is 71.0 cm³/mol.